The molecule has 1 aromatic heterocycles. The number of hydrogen-bond acceptors (Lipinski definition) is 4. The topological polar surface area (TPSA) is 85.2 Å². The predicted octanol–water partition coefficient (Wildman–Crippen LogP) is 2.69. The second-order valence-electron chi connectivity index (χ2n) is 7.17. The number of nitrogens with zero attached hydrogens (tertiary/aromatic N) is 2. The quantitative estimate of drug-likeness (QED) is 0.879. The molecule has 7 heteroatoms. The second kappa shape index (κ2) is 5.91. The van der Waals surface area contributed by atoms with Gasteiger partial charge in [-0.15, -0.1) is 0 Å². The number of benzene rings is 1. The molecular weight excluding hydrogens is 320 g/mol. The molecule has 3 rings (SSSR count). The zero-order valence-corrected chi connectivity index (χ0v) is 15.0. The molecule has 2 aromatic rings. The number of aromatic nitrogens is 2. The van der Waals surface area contributed by atoms with Crippen molar-refractivity contribution in [3.05, 3.63) is 35.5 Å². The Morgan fingerprint density at radius 1 is 1.36 bits per heavy atom. The number of anilines is 2. The molecule has 132 valence electrons. The number of para-hydroxylation sites is 1. The SMILES string of the molecule is C[C@@H]1Oc2c(cccc2C(=O)Nc2cc(C(C)(C)C)nn2C)NC1=O. The molecular formula is C18H22N4O3. The monoisotopic (exact) mass is 342 g/mol. The van der Waals surface area contributed by atoms with Crippen LogP contribution in [-0.4, -0.2) is 27.7 Å². The van der Waals surface area contributed by atoms with E-state index in [4.69, 9.17) is 4.74 Å². The number of nitrogens with one attached hydrogen (secondary N) is 2. The third-order valence-electron chi connectivity index (χ3n) is 4.07. The van der Waals surface area contributed by atoms with Crippen LogP contribution in [0.15, 0.2) is 24.3 Å². The molecule has 0 fully saturated rings. The minimum Gasteiger partial charge on any atom is -0.478 e. The molecule has 2 amide bonds. The second-order valence-corrected chi connectivity index (χ2v) is 7.17. The van der Waals surface area contributed by atoms with Gasteiger partial charge in [0, 0.05) is 18.5 Å². The lowest BCUT2D eigenvalue weighted by Gasteiger charge is -2.25. The van der Waals surface area contributed by atoms with Crippen LogP contribution in [0, 0.1) is 0 Å². The third-order valence-corrected chi connectivity index (χ3v) is 4.07. The smallest absolute Gasteiger partial charge is 0.265 e. The average Bonchev–Trinajstić information content (AvgIpc) is 2.89. The highest BCUT2D eigenvalue weighted by molar-refractivity contribution is 6.09. The fraction of sp³-hybridized carbons (Fsp3) is 0.389. The highest BCUT2D eigenvalue weighted by atomic mass is 16.5. The Hall–Kier alpha value is -2.83. The number of hydrogen-bond donors (Lipinski definition) is 2. The molecule has 0 unspecified atom stereocenters. The zero-order valence-electron chi connectivity index (χ0n) is 15.0. The Morgan fingerprint density at radius 3 is 2.72 bits per heavy atom. The summed E-state index contributed by atoms with van der Waals surface area (Å²) in [4.78, 5) is 24.5. The van der Waals surface area contributed by atoms with Gasteiger partial charge >= 0.3 is 0 Å². The predicted molar refractivity (Wildman–Crippen MR) is 95.0 cm³/mol. The van der Waals surface area contributed by atoms with Gasteiger partial charge in [0.15, 0.2) is 11.9 Å². The number of ether oxygens (including phenoxy) is 1. The van der Waals surface area contributed by atoms with Crippen molar-refractivity contribution in [3.8, 4) is 5.75 Å². The van der Waals surface area contributed by atoms with Gasteiger partial charge in [-0.25, -0.2) is 0 Å². The van der Waals surface area contributed by atoms with Crippen LogP contribution < -0.4 is 15.4 Å². The van der Waals surface area contributed by atoms with Crippen molar-refractivity contribution in [2.45, 2.75) is 39.2 Å². The Morgan fingerprint density at radius 2 is 2.08 bits per heavy atom. The molecule has 2 heterocycles. The van der Waals surface area contributed by atoms with E-state index in [-0.39, 0.29) is 17.2 Å². The maximum atomic E-state index is 12.7. The highest BCUT2D eigenvalue weighted by Gasteiger charge is 2.28. The molecule has 1 aliphatic heterocycles. The zero-order chi connectivity index (χ0) is 18.4. The Labute approximate surface area is 146 Å². The molecule has 7 nitrogen and oxygen atoms in total. The molecule has 0 bridgehead atoms. The minimum atomic E-state index is -0.648. The first-order valence-corrected chi connectivity index (χ1v) is 8.13. The molecule has 1 aliphatic rings. The van der Waals surface area contributed by atoms with Crippen LogP contribution in [0.4, 0.5) is 11.5 Å². The van der Waals surface area contributed by atoms with E-state index < -0.39 is 6.10 Å². The average molecular weight is 342 g/mol. The van der Waals surface area contributed by atoms with Gasteiger partial charge in [0.05, 0.1) is 16.9 Å². The number of carbonyl (C=O) groups is 2. The lowest BCUT2D eigenvalue weighted by atomic mass is 9.92. The summed E-state index contributed by atoms with van der Waals surface area (Å²) in [6.07, 6.45) is -0.648. The van der Waals surface area contributed by atoms with E-state index in [0.29, 0.717) is 22.8 Å². The summed E-state index contributed by atoms with van der Waals surface area (Å²) in [5, 5.41) is 10.1. The van der Waals surface area contributed by atoms with Gasteiger partial charge < -0.3 is 15.4 Å². The van der Waals surface area contributed by atoms with Crippen molar-refractivity contribution in [2.24, 2.45) is 7.05 Å². The summed E-state index contributed by atoms with van der Waals surface area (Å²) in [5.74, 6) is 0.431. The standard InChI is InChI=1S/C18H22N4O3/c1-10-16(23)19-12-8-6-7-11(15(12)25-10)17(24)20-14-9-13(18(2,3)4)21-22(14)5/h6-10H,1-5H3,(H,19,23)(H,20,24)/t10-/m0/s1. The first-order valence-electron chi connectivity index (χ1n) is 8.13. The van der Waals surface area contributed by atoms with Gasteiger partial charge in [-0.3, -0.25) is 14.3 Å². The Kier molecular flexibility index (Phi) is 4.02. The Bertz CT molecular complexity index is 848. The first-order chi connectivity index (χ1) is 11.7. The van der Waals surface area contributed by atoms with Crippen molar-refractivity contribution >= 4 is 23.3 Å². The van der Waals surface area contributed by atoms with Crippen molar-refractivity contribution in [1.29, 1.82) is 0 Å². The van der Waals surface area contributed by atoms with Crippen LogP contribution in [0.1, 0.15) is 43.7 Å². The third kappa shape index (κ3) is 3.22. The van der Waals surface area contributed by atoms with Crippen LogP contribution in [0.5, 0.6) is 5.75 Å². The normalized spacial score (nSPS) is 16.7. The van der Waals surface area contributed by atoms with Crippen molar-refractivity contribution in [1.82, 2.24) is 9.78 Å². The molecule has 0 radical (unpaired) electrons. The van der Waals surface area contributed by atoms with Crippen LogP contribution in [0.2, 0.25) is 0 Å². The van der Waals surface area contributed by atoms with Gasteiger partial charge in [-0.1, -0.05) is 26.8 Å². The fourth-order valence-electron chi connectivity index (χ4n) is 2.54. The molecule has 1 atom stereocenters. The summed E-state index contributed by atoms with van der Waals surface area (Å²) in [6, 6.07) is 6.94. The highest BCUT2D eigenvalue weighted by Crippen LogP contribution is 2.34. The fourth-order valence-corrected chi connectivity index (χ4v) is 2.54. The first kappa shape index (κ1) is 17.0. The Balaban J connectivity index is 1.90. The summed E-state index contributed by atoms with van der Waals surface area (Å²) in [7, 11) is 1.78. The van der Waals surface area contributed by atoms with E-state index in [0.717, 1.165) is 5.69 Å². The van der Waals surface area contributed by atoms with Gasteiger partial charge in [-0.05, 0) is 19.1 Å². The van der Waals surface area contributed by atoms with Crippen molar-refractivity contribution < 1.29 is 14.3 Å². The lowest BCUT2D eigenvalue weighted by Crippen LogP contribution is -2.35. The summed E-state index contributed by atoms with van der Waals surface area (Å²) >= 11 is 0. The molecule has 0 saturated heterocycles. The van der Waals surface area contributed by atoms with Gasteiger partial charge in [0.1, 0.15) is 5.82 Å². The number of amides is 2. The molecule has 1 aromatic carbocycles. The van der Waals surface area contributed by atoms with E-state index in [2.05, 4.69) is 36.5 Å². The molecule has 0 saturated carbocycles. The number of fused-ring (bicyclic) bond motifs is 1. The van der Waals surface area contributed by atoms with Crippen LogP contribution >= 0.6 is 0 Å². The minimum absolute atomic E-state index is 0.116. The van der Waals surface area contributed by atoms with E-state index in [1.807, 2.05) is 6.07 Å². The van der Waals surface area contributed by atoms with Gasteiger partial charge in [0.25, 0.3) is 11.8 Å². The van der Waals surface area contributed by atoms with E-state index >= 15 is 0 Å². The number of aryl methyl sites for hydroxylation is 1. The summed E-state index contributed by atoms with van der Waals surface area (Å²) in [5.41, 5.74) is 1.63. The molecule has 0 spiro atoms. The number of rotatable bonds is 2. The molecule has 25 heavy (non-hydrogen) atoms. The van der Waals surface area contributed by atoms with Gasteiger partial charge in [-0.2, -0.15) is 5.10 Å². The largest absolute Gasteiger partial charge is 0.478 e. The van der Waals surface area contributed by atoms with Crippen molar-refractivity contribution in [2.75, 3.05) is 10.6 Å². The molecule has 2 N–H and O–H groups in total. The summed E-state index contributed by atoms with van der Waals surface area (Å²) in [6.45, 7) is 7.83. The maximum absolute atomic E-state index is 12.7. The lowest BCUT2D eigenvalue weighted by molar-refractivity contribution is -0.122. The van der Waals surface area contributed by atoms with E-state index in [1.54, 1.807) is 36.9 Å². The van der Waals surface area contributed by atoms with E-state index in [1.165, 1.54) is 0 Å². The summed E-state index contributed by atoms with van der Waals surface area (Å²) < 4.78 is 7.27. The van der Waals surface area contributed by atoms with Crippen LogP contribution in [0.3, 0.4) is 0 Å². The van der Waals surface area contributed by atoms with Crippen LogP contribution in [-0.2, 0) is 17.3 Å². The number of carbonyl (C=O) groups excluding carboxylic acids is 2. The van der Waals surface area contributed by atoms with Gasteiger partial charge in [0.2, 0.25) is 0 Å². The van der Waals surface area contributed by atoms with E-state index in [9.17, 15) is 9.59 Å². The van der Waals surface area contributed by atoms with Crippen molar-refractivity contribution in [3.63, 3.8) is 0 Å². The maximum Gasteiger partial charge on any atom is 0.265 e. The molecule has 0 aliphatic carbocycles. The van der Waals surface area contributed by atoms with Crippen LogP contribution in [0.25, 0.3) is 0 Å².